The Morgan fingerprint density at radius 2 is 1.40 bits per heavy atom. The molecule has 0 aromatic carbocycles. The van der Waals surface area contributed by atoms with Crippen molar-refractivity contribution in [3.8, 4) is 0 Å². The lowest BCUT2D eigenvalue weighted by Crippen LogP contribution is -2.65. The zero-order valence-electron chi connectivity index (χ0n) is 33.6. The molecule has 55 heavy (non-hydrogen) atoms. The standard InChI is InChI=1S/C41H68O14/c1-35(2)25(55-33-29(48)26(45)21(44)17-51-33)8-9-41-18-40(41)11-10-37(5)31(39(7)13-19(16-52-39)36(3,4)50)20(43)14-38(37,6)24(40)12-22(32(35)41)53-34-30(49)28(47)27(46)23(15-42)54-34/h19-34,42-50H,8-18H2,1-7H3/t19-,20-,21+,22-,23+,24-,25-,26-,27+,28-,29+,30+,31-,32-,33-,34+,37+,38-,39+,40-,41+/m0/s1. The third-order valence-electron chi connectivity index (χ3n) is 17.8. The summed E-state index contributed by atoms with van der Waals surface area (Å²) in [5, 5.41) is 97.2. The molecule has 9 N–H and O–H groups in total. The van der Waals surface area contributed by atoms with Crippen LogP contribution in [0.5, 0.6) is 0 Å². The van der Waals surface area contributed by atoms with Crippen molar-refractivity contribution in [1.29, 1.82) is 0 Å². The number of fused-ring (bicyclic) bond motifs is 2. The third kappa shape index (κ3) is 5.70. The van der Waals surface area contributed by atoms with E-state index in [2.05, 4.69) is 34.6 Å². The molecule has 0 radical (unpaired) electrons. The van der Waals surface area contributed by atoms with Crippen molar-refractivity contribution in [3.05, 3.63) is 0 Å². The first kappa shape index (κ1) is 41.2. The molecule has 316 valence electrons. The van der Waals surface area contributed by atoms with Crippen LogP contribution in [0, 0.1) is 50.7 Å². The number of ether oxygens (including phenoxy) is 5. The van der Waals surface area contributed by atoms with Crippen molar-refractivity contribution in [2.45, 2.75) is 185 Å². The zero-order valence-corrected chi connectivity index (χ0v) is 33.6. The Hall–Kier alpha value is -0.560. The number of hydrogen-bond donors (Lipinski definition) is 9. The van der Waals surface area contributed by atoms with Gasteiger partial charge in [-0.2, -0.15) is 0 Å². The van der Waals surface area contributed by atoms with Crippen molar-refractivity contribution in [3.63, 3.8) is 0 Å². The van der Waals surface area contributed by atoms with Gasteiger partial charge in [0.05, 0.1) is 49.3 Å². The number of hydrogen-bond acceptors (Lipinski definition) is 14. The topological polar surface area (TPSA) is 228 Å². The Kier molecular flexibility index (Phi) is 9.90. The van der Waals surface area contributed by atoms with Gasteiger partial charge in [-0.15, -0.1) is 0 Å². The van der Waals surface area contributed by atoms with Crippen LogP contribution in [-0.4, -0.2) is 151 Å². The van der Waals surface area contributed by atoms with Crippen LogP contribution < -0.4 is 0 Å². The second-order valence-corrected chi connectivity index (χ2v) is 21.1. The van der Waals surface area contributed by atoms with Crippen LogP contribution in [0.25, 0.3) is 0 Å². The summed E-state index contributed by atoms with van der Waals surface area (Å²) in [5.74, 6) is -0.269. The molecule has 2 spiro atoms. The van der Waals surface area contributed by atoms with E-state index in [0.29, 0.717) is 32.3 Å². The SMILES string of the molecule is CC(C)(O)[C@@H]1CO[C@@](C)([C@H]2[C@@H](O)C[C@@]3(C)[C@@H]4C[C@H](O[C@@H]5O[C@H](CO)[C@@H](O)[C@H](O)[C@H]5O)[C@H]5C(C)(C)[C@@H](O[C@@H]6OC[C@@H](O)[C@H](O)[C@H]6O)CC[C@@]56C[C@@]46CC[C@]23C)C1. The minimum absolute atomic E-state index is 0.0540. The molecule has 8 rings (SSSR count). The van der Waals surface area contributed by atoms with Gasteiger partial charge in [0.1, 0.15) is 42.7 Å². The molecule has 0 bridgehead atoms. The zero-order chi connectivity index (χ0) is 40.1. The normalized spacial score (nSPS) is 58.7. The van der Waals surface area contributed by atoms with Gasteiger partial charge in [0.2, 0.25) is 0 Å². The second kappa shape index (κ2) is 13.2. The van der Waals surface area contributed by atoms with Gasteiger partial charge in [0.25, 0.3) is 0 Å². The fraction of sp³-hybridized carbons (Fsp3) is 1.00. The average molecular weight is 785 g/mol. The first-order valence-corrected chi connectivity index (χ1v) is 20.8. The van der Waals surface area contributed by atoms with E-state index in [-0.39, 0.29) is 51.9 Å². The van der Waals surface area contributed by atoms with Crippen molar-refractivity contribution in [1.82, 2.24) is 0 Å². The summed E-state index contributed by atoms with van der Waals surface area (Å²) in [5.41, 5.74) is -3.06. The van der Waals surface area contributed by atoms with Crippen molar-refractivity contribution in [2.75, 3.05) is 19.8 Å². The van der Waals surface area contributed by atoms with E-state index >= 15 is 0 Å². The number of rotatable bonds is 7. The fourth-order valence-corrected chi connectivity index (χ4v) is 14.9. The molecule has 0 amide bonds. The highest BCUT2D eigenvalue weighted by Crippen LogP contribution is 2.89. The van der Waals surface area contributed by atoms with Gasteiger partial charge in [-0.05, 0) is 111 Å². The molecule has 8 aliphatic rings. The maximum absolute atomic E-state index is 12.2. The Bertz CT molecular complexity index is 1460. The summed E-state index contributed by atoms with van der Waals surface area (Å²) in [4.78, 5) is 0. The van der Waals surface area contributed by atoms with E-state index in [0.717, 1.165) is 25.7 Å². The second-order valence-electron chi connectivity index (χ2n) is 21.1. The van der Waals surface area contributed by atoms with Crippen molar-refractivity contribution in [2.24, 2.45) is 50.7 Å². The highest BCUT2D eigenvalue weighted by atomic mass is 16.7. The number of aliphatic hydroxyl groups excluding tert-OH is 8. The maximum Gasteiger partial charge on any atom is 0.186 e. The average Bonchev–Trinajstić information content (AvgIpc) is 3.47. The molecule has 3 aliphatic heterocycles. The molecule has 8 fully saturated rings. The van der Waals surface area contributed by atoms with E-state index in [1.165, 1.54) is 0 Å². The van der Waals surface area contributed by atoms with Gasteiger partial charge in [0, 0.05) is 11.8 Å². The Morgan fingerprint density at radius 3 is 2.05 bits per heavy atom. The lowest BCUT2D eigenvalue weighted by atomic mass is 9.41. The fourth-order valence-electron chi connectivity index (χ4n) is 14.9. The van der Waals surface area contributed by atoms with E-state index in [1.807, 2.05) is 13.8 Å². The summed E-state index contributed by atoms with van der Waals surface area (Å²) in [7, 11) is 0. The molecule has 14 nitrogen and oxygen atoms in total. The minimum Gasteiger partial charge on any atom is -0.394 e. The molecule has 0 unspecified atom stereocenters. The first-order chi connectivity index (χ1) is 25.5. The molecular formula is C41H68O14. The van der Waals surface area contributed by atoms with E-state index in [1.54, 1.807) is 0 Å². The molecule has 3 heterocycles. The van der Waals surface area contributed by atoms with E-state index in [9.17, 15) is 46.0 Å². The van der Waals surface area contributed by atoms with Crippen LogP contribution >= 0.6 is 0 Å². The van der Waals surface area contributed by atoms with Gasteiger partial charge < -0.3 is 69.6 Å². The molecule has 3 saturated heterocycles. The molecular weight excluding hydrogens is 716 g/mol. The monoisotopic (exact) mass is 784 g/mol. The third-order valence-corrected chi connectivity index (χ3v) is 17.8. The first-order valence-electron chi connectivity index (χ1n) is 20.8. The van der Waals surface area contributed by atoms with Crippen molar-refractivity contribution >= 4 is 0 Å². The van der Waals surface area contributed by atoms with Crippen LogP contribution in [0.3, 0.4) is 0 Å². The predicted molar refractivity (Wildman–Crippen MR) is 194 cm³/mol. The van der Waals surface area contributed by atoms with E-state index < -0.39 is 96.8 Å². The van der Waals surface area contributed by atoms with Gasteiger partial charge in [-0.1, -0.05) is 27.7 Å². The van der Waals surface area contributed by atoms with Crippen LogP contribution in [0.1, 0.15) is 99.8 Å². The Labute approximate surface area is 324 Å². The lowest BCUT2D eigenvalue weighted by molar-refractivity contribution is -0.339. The molecule has 5 saturated carbocycles. The molecule has 0 aromatic heterocycles. The van der Waals surface area contributed by atoms with Gasteiger partial charge in [-0.25, -0.2) is 0 Å². The smallest absolute Gasteiger partial charge is 0.186 e. The predicted octanol–water partition coefficient (Wildman–Crippen LogP) is 0.582. The van der Waals surface area contributed by atoms with Crippen molar-refractivity contribution < 1.29 is 69.6 Å². The molecule has 21 atom stereocenters. The summed E-state index contributed by atoms with van der Waals surface area (Å²) < 4.78 is 31.7. The summed E-state index contributed by atoms with van der Waals surface area (Å²) >= 11 is 0. The van der Waals surface area contributed by atoms with Crippen LogP contribution in [0.4, 0.5) is 0 Å². The summed E-state index contributed by atoms with van der Waals surface area (Å²) in [6, 6.07) is 0. The molecule has 5 aliphatic carbocycles. The van der Waals surface area contributed by atoms with Gasteiger partial charge in [-0.3, -0.25) is 0 Å². The minimum atomic E-state index is -1.60. The molecule has 14 heteroatoms. The highest BCUT2D eigenvalue weighted by molar-refractivity contribution is 5.33. The lowest BCUT2D eigenvalue weighted by Gasteiger charge is -2.65. The summed E-state index contributed by atoms with van der Waals surface area (Å²) in [6.45, 7) is 14.4. The molecule has 0 aromatic rings. The highest BCUT2D eigenvalue weighted by Gasteiger charge is 2.85. The number of aliphatic hydroxyl groups is 9. The summed E-state index contributed by atoms with van der Waals surface area (Å²) in [6.07, 6.45) is -7.95. The van der Waals surface area contributed by atoms with E-state index in [4.69, 9.17) is 23.7 Å². The Morgan fingerprint density at radius 1 is 0.709 bits per heavy atom. The quantitative estimate of drug-likeness (QED) is 0.161. The maximum atomic E-state index is 12.2. The largest absolute Gasteiger partial charge is 0.394 e. The van der Waals surface area contributed by atoms with Crippen LogP contribution in [-0.2, 0) is 23.7 Å². The van der Waals surface area contributed by atoms with Crippen LogP contribution in [0.15, 0.2) is 0 Å². The Balaban J connectivity index is 1.15. The van der Waals surface area contributed by atoms with Gasteiger partial charge in [0.15, 0.2) is 12.6 Å². The van der Waals surface area contributed by atoms with Gasteiger partial charge >= 0.3 is 0 Å². The van der Waals surface area contributed by atoms with Crippen LogP contribution in [0.2, 0.25) is 0 Å².